The summed E-state index contributed by atoms with van der Waals surface area (Å²) in [5.74, 6) is -0.00871. The van der Waals surface area contributed by atoms with E-state index in [1.165, 1.54) is 4.88 Å². The maximum absolute atomic E-state index is 13.3. The number of amides is 1. The largest absolute Gasteiger partial charge is 0.376 e. The standard InChI is InChI=1S/C20H24N4O2S/c1-14(2)24-19-15(11-22-24)9-16(10-21-19)20(25)23(12-17-5-3-7-26-17)13-18-6-4-8-27-18/h4,6,8-11,14,17H,3,5,7,12-13H2,1-2H3. The zero-order valence-corrected chi connectivity index (χ0v) is 16.5. The fourth-order valence-corrected chi connectivity index (χ4v) is 4.18. The lowest BCUT2D eigenvalue weighted by Gasteiger charge is -2.25. The predicted molar refractivity (Wildman–Crippen MR) is 106 cm³/mol. The van der Waals surface area contributed by atoms with E-state index in [4.69, 9.17) is 4.74 Å². The van der Waals surface area contributed by atoms with E-state index in [0.29, 0.717) is 18.7 Å². The lowest BCUT2D eigenvalue weighted by molar-refractivity contribution is 0.0509. The fourth-order valence-electron chi connectivity index (χ4n) is 3.46. The summed E-state index contributed by atoms with van der Waals surface area (Å²) in [4.78, 5) is 20.8. The van der Waals surface area contributed by atoms with Crippen LogP contribution in [0.1, 0.15) is 48.0 Å². The van der Waals surface area contributed by atoms with Crippen LogP contribution in [0.15, 0.2) is 36.0 Å². The molecule has 1 amide bonds. The molecule has 142 valence electrons. The van der Waals surface area contributed by atoms with Gasteiger partial charge in [-0.15, -0.1) is 11.3 Å². The van der Waals surface area contributed by atoms with Crippen molar-refractivity contribution in [1.82, 2.24) is 19.7 Å². The topological polar surface area (TPSA) is 60.2 Å². The Kier molecular flexibility index (Phi) is 5.22. The first kappa shape index (κ1) is 18.1. The summed E-state index contributed by atoms with van der Waals surface area (Å²) in [6, 6.07) is 6.21. The van der Waals surface area contributed by atoms with Gasteiger partial charge in [-0.2, -0.15) is 5.10 Å². The van der Waals surface area contributed by atoms with Crippen LogP contribution in [-0.2, 0) is 11.3 Å². The maximum Gasteiger partial charge on any atom is 0.255 e. The van der Waals surface area contributed by atoms with E-state index in [2.05, 4.69) is 30.0 Å². The number of thiophene rings is 1. The third-order valence-corrected chi connectivity index (χ3v) is 5.69. The number of carbonyl (C=O) groups is 1. The van der Waals surface area contributed by atoms with E-state index in [1.54, 1.807) is 23.7 Å². The number of hydrogen-bond donors (Lipinski definition) is 0. The Labute approximate surface area is 162 Å². The predicted octanol–water partition coefficient (Wildman–Crippen LogP) is 3.90. The Bertz CT molecular complexity index is 913. The molecule has 3 aromatic rings. The molecule has 1 aliphatic rings. The molecular formula is C20H24N4O2S. The van der Waals surface area contributed by atoms with Crippen molar-refractivity contribution in [3.05, 3.63) is 46.4 Å². The van der Waals surface area contributed by atoms with E-state index >= 15 is 0 Å². The summed E-state index contributed by atoms with van der Waals surface area (Å²) in [6.07, 6.45) is 5.64. The molecular weight excluding hydrogens is 360 g/mol. The Balaban J connectivity index is 1.60. The van der Waals surface area contributed by atoms with Crippen LogP contribution in [0.3, 0.4) is 0 Å². The average molecular weight is 385 g/mol. The second-order valence-electron chi connectivity index (χ2n) is 7.22. The molecule has 0 bridgehead atoms. The summed E-state index contributed by atoms with van der Waals surface area (Å²) < 4.78 is 7.64. The molecule has 1 unspecified atom stereocenters. The first-order valence-electron chi connectivity index (χ1n) is 9.38. The molecule has 6 nitrogen and oxygen atoms in total. The maximum atomic E-state index is 13.3. The van der Waals surface area contributed by atoms with E-state index in [1.807, 2.05) is 27.1 Å². The zero-order chi connectivity index (χ0) is 18.8. The van der Waals surface area contributed by atoms with Gasteiger partial charge in [0.2, 0.25) is 0 Å². The summed E-state index contributed by atoms with van der Waals surface area (Å²) in [7, 11) is 0. The van der Waals surface area contributed by atoms with Crippen LogP contribution in [0.25, 0.3) is 11.0 Å². The van der Waals surface area contributed by atoms with Crippen molar-refractivity contribution in [3.63, 3.8) is 0 Å². The summed E-state index contributed by atoms with van der Waals surface area (Å²) in [5, 5.41) is 7.33. The van der Waals surface area contributed by atoms with Gasteiger partial charge in [0.05, 0.1) is 24.4 Å². The number of pyridine rings is 1. The van der Waals surface area contributed by atoms with Gasteiger partial charge in [-0.1, -0.05) is 6.07 Å². The first-order valence-corrected chi connectivity index (χ1v) is 10.3. The third kappa shape index (κ3) is 3.89. The number of carbonyl (C=O) groups excluding carboxylic acids is 1. The fraction of sp³-hybridized carbons (Fsp3) is 0.450. The van der Waals surface area contributed by atoms with Crippen molar-refractivity contribution in [3.8, 4) is 0 Å². The van der Waals surface area contributed by atoms with Crippen LogP contribution < -0.4 is 0 Å². The summed E-state index contributed by atoms with van der Waals surface area (Å²) >= 11 is 1.67. The molecule has 1 saturated heterocycles. The second kappa shape index (κ2) is 7.78. The monoisotopic (exact) mass is 384 g/mol. The van der Waals surface area contributed by atoms with Gasteiger partial charge in [0.25, 0.3) is 5.91 Å². The van der Waals surface area contributed by atoms with Crippen LogP contribution in [-0.4, -0.2) is 44.8 Å². The van der Waals surface area contributed by atoms with Crippen LogP contribution in [0.2, 0.25) is 0 Å². The Morgan fingerprint density at radius 1 is 1.44 bits per heavy atom. The lowest BCUT2D eigenvalue weighted by Crippen LogP contribution is -2.36. The molecule has 3 aromatic heterocycles. The van der Waals surface area contributed by atoms with Crippen molar-refractivity contribution in [2.75, 3.05) is 13.2 Å². The highest BCUT2D eigenvalue weighted by molar-refractivity contribution is 7.09. The second-order valence-corrected chi connectivity index (χ2v) is 8.25. The molecule has 0 saturated carbocycles. The minimum Gasteiger partial charge on any atom is -0.376 e. The SMILES string of the molecule is CC(C)n1ncc2cc(C(=O)N(Cc3cccs3)CC3CCCO3)cnc21. The van der Waals surface area contributed by atoms with Crippen LogP contribution in [0.5, 0.6) is 0 Å². The molecule has 4 rings (SSSR count). The van der Waals surface area contributed by atoms with Crippen molar-refractivity contribution < 1.29 is 9.53 Å². The van der Waals surface area contributed by atoms with Crippen LogP contribution in [0.4, 0.5) is 0 Å². The molecule has 1 fully saturated rings. The molecule has 0 N–H and O–H groups in total. The molecule has 4 heterocycles. The molecule has 27 heavy (non-hydrogen) atoms. The highest BCUT2D eigenvalue weighted by Crippen LogP contribution is 2.21. The average Bonchev–Trinajstić information content (AvgIpc) is 3.41. The highest BCUT2D eigenvalue weighted by Gasteiger charge is 2.24. The Morgan fingerprint density at radius 3 is 3.04 bits per heavy atom. The van der Waals surface area contributed by atoms with Crippen molar-refractivity contribution in [2.24, 2.45) is 0 Å². The minimum atomic E-state index is -0.00871. The van der Waals surface area contributed by atoms with Gasteiger partial charge < -0.3 is 9.64 Å². The van der Waals surface area contributed by atoms with Crippen molar-refractivity contribution >= 4 is 28.3 Å². The number of hydrogen-bond acceptors (Lipinski definition) is 5. The van der Waals surface area contributed by atoms with Crippen molar-refractivity contribution in [2.45, 2.75) is 45.4 Å². The van der Waals surface area contributed by atoms with E-state index in [-0.39, 0.29) is 18.1 Å². The van der Waals surface area contributed by atoms with Gasteiger partial charge in [-0.25, -0.2) is 9.67 Å². The number of fused-ring (bicyclic) bond motifs is 1. The highest BCUT2D eigenvalue weighted by atomic mass is 32.1. The summed E-state index contributed by atoms with van der Waals surface area (Å²) in [6.45, 7) is 6.13. The Morgan fingerprint density at radius 2 is 2.33 bits per heavy atom. The molecule has 0 radical (unpaired) electrons. The van der Waals surface area contributed by atoms with Crippen LogP contribution >= 0.6 is 11.3 Å². The number of nitrogens with zero attached hydrogens (tertiary/aromatic N) is 4. The van der Waals surface area contributed by atoms with E-state index in [0.717, 1.165) is 30.5 Å². The third-order valence-electron chi connectivity index (χ3n) is 4.83. The minimum absolute atomic E-state index is 0.00871. The first-order chi connectivity index (χ1) is 13.1. The molecule has 0 aliphatic carbocycles. The van der Waals surface area contributed by atoms with Crippen molar-refractivity contribution in [1.29, 1.82) is 0 Å². The Hall–Kier alpha value is -2.25. The van der Waals surface area contributed by atoms with Gasteiger partial charge in [0.15, 0.2) is 5.65 Å². The molecule has 0 aromatic carbocycles. The number of rotatable bonds is 6. The molecule has 1 aliphatic heterocycles. The quantitative estimate of drug-likeness (QED) is 0.647. The number of ether oxygens (including phenoxy) is 1. The van der Waals surface area contributed by atoms with E-state index in [9.17, 15) is 4.79 Å². The molecule has 1 atom stereocenters. The van der Waals surface area contributed by atoms with Gasteiger partial charge in [-0.3, -0.25) is 4.79 Å². The van der Waals surface area contributed by atoms with Crippen LogP contribution in [0, 0.1) is 0 Å². The van der Waals surface area contributed by atoms with Gasteiger partial charge >= 0.3 is 0 Å². The molecule has 0 spiro atoms. The molecule has 7 heteroatoms. The van der Waals surface area contributed by atoms with Gasteiger partial charge in [0.1, 0.15) is 0 Å². The van der Waals surface area contributed by atoms with E-state index < -0.39 is 0 Å². The smallest absolute Gasteiger partial charge is 0.255 e. The summed E-state index contributed by atoms with van der Waals surface area (Å²) in [5.41, 5.74) is 1.41. The number of aromatic nitrogens is 3. The normalized spacial score (nSPS) is 17.1. The zero-order valence-electron chi connectivity index (χ0n) is 15.7. The van der Waals surface area contributed by atoms with Gasteiger partial charge in [0, 0.05) is 35.7 Å². The lowest BCUT2D eigenvalue weighted by atomic mass is 10.1. The van der Waals surface area contributed by atoms with Gasteiger partial charge in [-0.05, 0) is 44.2 Å².